The van der Waals surface area contributed by atoms with E-state index in [0.717, 1.165) is 44.9 Å². The van der Waals surface area contributed by atoms with Gasteiger partial charge in [0.25, 0.3) is 0 Å². The summed E-state index contributed by atoms with van der Waals surface area (Å²) in [7, 11) is 0. The first-order valence-corrected chi connectivity index (χ1v) is 14.2. The van der Waals surface area contributed by atoms with Crippen LogP contribution in [0.3, 0.4) is 0 Å². The first kappa shape index (κ1) is 25.8. The second kappa shape index (κ2) is 10.00. The maximum atomic E-state index is 14.1. The van der Waals surface area contributed by atoms with Crippen LogP contribution in [0.5, 0.6) is 0 Å². The lowest BCUT2D eigenvalue weighted by atomic mass is 9.66. The van der Waals surface area contributed by atoms with Crippen LogP contribution in [0.2, 0.25) is 0 Å². The number of thioether (sulfide) groups is 1. The predicted molar refractivity (Wildman–Crippen MR) is 134 cm³/mol. The lowest BCUT2D eigenvalue weighted by molar-refractivity contribution is -0.143. The molecule has 6 atom stereocenters. The van der Waals surface area contributed by atoms with Gasteiger partial charge in [-0.1, -0.05) is 40.0 Å². The van der Waals surface area contributed by atoms with Gasteiger partial charge in [0.1, 0.15) is 6.04 Å². The number of carbonyl (C=O) groups excluding carboxylic acids is 3. The van der Waals surface area contributed by atoms with Crippen LogP contribution in [-0.2, 0) is 14.4 Å². The molecule has 1 aliphatic carbocycles. The number of fused-ring (bicyclic) bond motifs is 1. The average molecular weight is 494 g/mol. The summed E-state index contributed by atoms with van der Waals surface area (Å²) < 4.78 is -0.955. The summed E-state index contributed by atoms with van der Waals surface area (Å²) >= 11 is 1.71. The maximum Gasteiger partial charge on any atom is 0.244 e. The Morgan fingerprint density at radius 3 is 2.50 bits per heavy atom. The summed E-state index contributed by atoms with van der Waals surface area (Å²) in [6, 6.07) is -0.908. The smallest absolute Gasteiger partial charge is 0.244 e. The van der Waals surface area contributed by atoms with E-state index in [4.69, 9.17) is 0 Å². The molecule has 0 radical (unpaired) electrons. The van der Waals surface area contributed by atoms with E-state index in [1.165, 1.54) is 6.42 Å². The first-order valence-electron chi connectivity index (χ1n) is 13.4. The van der Waals surface area contributed by atoms with E-state index in [0.29, 0.717) is 13.0 Å². The predicted octanol–water partition coefficient (Wildman–Crippen LogP) is 2.85. The van der Waals surface area contributed by atoms with E-state index in [2.05, 4.69) is 31.4 Å². The molecular formula is C26H43N3O4S. The minimum atomic E-state index is -0.640. The fourth-order valence-electron chi connectivity index (χ4n) is 7.16. The third-order valence-corrected chi connectivity index (χ3v) is 10.6. The highest BCUT2D eigenvalue weighted by atomic mass is 32.2. The number of hydrogen-bond donors (Lipinski definition) is 3. The molecule has 3 N–H and O–H groups in total. The van der Waals surface area contributed by atoms with Gasteiger partial charge in [-0.05, 0) is 51.4 Å². The highest BCUT2D eigenvalue weighted by Gasteiger charge is 2.77. The molecule has 7 nitrogen and oxygen atoms in total. The van der Waals surface area contributed by atoms with Crippen molar-refractivity contribution in [3.05, 3.63) is 0 Å². The zero-order chi connectivity index (χ0) is 24.7. The molecule has 34 heavy (non-hydrogen) atoms. The average Bonchev–Trinajstić information content (AvgIpc) is 3.37. The molecule has 4 fully saturated rings. The largest absolute Gasteiger partial charge is 0.394 e. The Morgan fingerprint density at radius 1 is 1.18 bits per heavy atom. The van der Waals surface area contributed by atoms with Crippen molar-refractivity contribution in [2.24, 2.45) is 17.8 Å². The monoisotopic (exact) mass is 493 g/mol. The van der Waals surface area contributed by atoms with Crippen molar-refractivity contribution in [1.82, 2.24) is 15.5 Å². The summed E-state index contributed by atoms with van der Waals surface area (Å²) in [5, 5.41) is 16.7. The van der Waals surface area contributed by atoms with E-state index < -0.39 is 28.7 Å². The zero-order valence-electron chi connectivity index (χ0n) is 21.3. The van der Waals surface area contributed by atoms with Gasteiger partial charge in [0.15, 0.2) is 0 Å². The van der Waals surface area contributed by atoms with Crippen molar-refractivity contribution >= 4 is 29.5 Å². The molecule has 0 aromatic heterocycles. The highest BCUT2D eigenvalue weighted by molar-refractivity contribution is 8.02. The van der Waals surface area contributed by atoms with Crippen LogP contribution in [0.25, 0.3) is 0 Å². The summed E-state index contributed by atoms with van der Waals surface area (Å²) in [5.74, 6) is -0.952. The molecule has 0 aromatic carbocycles. The number of carbonyl (C=O) groups is 3. The van der Waals surface area contributed by atoms with Gasteiger partial charge in [0.05, 0.1) is 29.2 Å². The summed E-state index contributed by atoms with van der Waals surface area (Å²) in [6.45, 7) is 8.68. The summed E-state index contributed by atoms with van der Waals surface area (Å²) in [4.78, 5) is 43.2. The van der Waals surface area contributed by atoms with Gasteiger partial charge < -0.3 is 20.6 Å². The summed E-state index contributed by atoms with van der Waals surface area (Å²) in [5.41, 5.74) is 0. The van der Waals surface area contributed by atoms with Gasteiger partial charge in [-0.2, -0.15) is 0 Å². The van der Waals surface area contributed by atoms with Crippen LogP contribution < -0.4 is 10.6 Å². The van der Waals surface area contributed by atoms with Crippen LogP contribution in [-0.4, -0.2) is 68.5 Å². The van der Waals surface area contributed by atoms with Gasteiger partial charge >= 0.3 is 0 Å². The van der Waals surface area contributed by atoms with Gasteiger partial charge in [0, 0.05) is 17.3 Å². The van der Waals surface area contributed by atoms with Gasteiger partial charge in [-0.3, -0.25) is 14.4 Å². The normalized spacial score (nSPS) is 36.1. The molecule has 3 heterocycles. The Kier molecular flexibility index (Phi) is 7.59. The van der Waals surface area contributed by atoms with Crippen molar-refractivity contribution in [1.29, 1.82) is 0 Å². The van der Waals surface area contributed by atoms with E-state index in [9.17, 15) is 19.5 Å². The fourth-order valence-corrected chi connectivity index (χ4v) is 9.51. The molecule has 2 bridgehead atoms. The molecule has 1 saturated carbocycles. The Hall–Kier alpha value is -1.28. The third-order valence-electron chi connectivity index (χ3n) is 8.59. The first-order chi connectivity index (χ1) is 16.2. The van der Waals surface area contributed by atoms with E-state index in [-0.39, 0.29) is 41.0 Å². The molecular weight excluding hydrogens is 450 g/mol. The van der Waals surface area contributed by atoms with Crippen molar-refractivity contribution < 1.29 is 19.5 Å². The number of rotatable bonds is 9. The van der Waals surface area contributed by atoms with Crippen molar-refractivity contribution in [3.8, 4) is 0 Å². The number of amides is 3. The van der Waals surface area contributed by atoms with Gasteiger partial charge in [-0.15, -0.1) is 11.8 Å². The number of hydrogen-bond acceptors (Lipinski definition) is 5. The molecule has 1 spiro atoms. The molecule has 8 heteroatoms. The number of aliphatic hydroxyl groups excluding tert-OH is 1. The van der Waals surface area contributed by atoms with Gasteiger partial charge in [0.2, 0.25) is 17.7 Å². The molecule has 192 valence electrons. The second-order valence-corrected chi connectivity index (χ2v) is 13.5. The maximum absolute atomic E-state index is 14.1. The van der Waals surface area contributed by atoms with Crippen LogP contribution in [0.4, 0.5) is 0 Å². The Morgan fingerprint density at radius 2 is 1.88 bits per heavy atom. The third kappa shape index (κ3) is 4.27. The quantitative estimate of drug-likeness (QED) is 0.459. The standard InChI is InChI=1S/C26H43N3O4S/c1-5-13-27-22(31)19-20-24(33)29(18(15-30)14-16(2)3)21(26(20)12-11-25(19,4)34-26)23(32)28-17-9-7-6-8-10-17/h16-21,30H,5-15H2,1-4H3,(H,27,31)(H,28,32)/t18-,19+,20+,21?,25-,26?/m1/s1. The lowest BCUT2D eigenvalue weighted by Crippen LogP contribution is -2.58. The lowest BCUT2D eigenvalue weighted by Gasteiger charge is -2.38. The Bertz CT molecular complexity index is 801. The molecule has 3 saturated heterocycles. The van der Waals surface area contributed by atoms with E-state index in [1.807, 2.05) is 6.92 Å². The second-order valence-electron chi connectivity index (χ2n) is 11.6. The minimum absolute atomic E-state index is 0.0607. The molecule has 2 unspecified atom stereocenters. The van der Waals surface area contributed by atoms with Crippen LogP contribution >= 0.6 is 11.8 Å². The molecule has 3 aliphatic heterocycles. The van der Waals surface area contributed by atoms with E-state index >= 15 is 0 Å². The van der Waals surface area contributed by atoms with Crippen molar-refractivity contribution in [2.45, 2.75) is 113 Å². The number of aliphatic hydroxyl groups is 1. The number of likely N-dealkylation sites (tertiary alicyclic amines) is 1. The van der Waals surface area contributed by atoms with Crippen LogP contribution in [0.15, 0.2) is 0 Å². The molecule has 3 amide bonds. The fraction of sp³-hybridized carbons (Fsp3) is 0.885. The van der Waals surface area contributed by atoms with Gasteiger partial charge in [-0.25, -0.2) is 0 Å². The number of nitrogens with one attached hydrogen (secondary N) is 2. The van der Waals surface area contributed by atoms with Crippen molar-refractivity contribution in [2.75, 3.05) is 13.2 Å². The number of nitrogens with zero attached hydrogens (tertiary/aromatic N) is 1. The molecule has 0 aromatic rings. The molecule has 4 aliphatic rings. The minimum Gasteiger partial charge on any atom is -0.394 e. The Labute approximate surface area is 208 Å². The van der Waals surface area contributed by atoms with Crippen LogP contribution in [0, 0.1) is 17.8 Å². The summed E-state index contributed by atoms with van der Waals surface area (Å²) in [6.07, 6.45) is 8.43. The van der Waals surface area contributed by atoms with Crippen molar-refractivity contribution in [3.63, 3.8) is 0 Å². The highest BCUT2D eigenvalue weighted by Crippen LogP contribution is 2.71. The SMILES string of the molecule is CCCNC(=O)[C@@H]1[C@H]2C(=O)N([C@@H](CO)CC(C)C)C(C(=O)NC3CCCCC3)C23CC[C@@]1(C)S3. The topological polar surface area (TPSA) is 98.7 Å². The zero-order valence-corrected chi connectivity index (χ0v) is 22.1. The molecule has 4 rings (SSSR count). The van der Waals surface area contributed by atoms with E-state index in [1.54, 1.807) is 16.7 Å². The Balaban J connectivity index is 1.71. The van der Waals surface area contributed by atoms with Crippen LogP contribution in [0.1, 0.15) is 85.5 Å².